The zero-order valence-corrected chi connectivity index (χ0v) is 18.1. The summed E-state index contributed by atoms with van der Waals surface area (Å²) >= 11 is 6.08. The molecule has 2 atom stereocenters. The van der Waals surface area contributed by atoms with Crippen molar-refractivity contribution in [1.82, 2.24) is 15.2 Å². The highest BCUT2D eigenvalue weighted by Crippen LogP contribution is 2.37. The van der Waals surface area contributed by atoms with Crippen molar-refractivity contribution < 1.29 is 14.7 Å². The molecule has 1 aliphatic heterocycles. The van der Waals surface area contributed by atoms with E-state index in [1.54, 1.807) is 30.5 Å². The number of nitrogens with one attached hydrogen (secondary N) is 1. The molecule has 0 radical (unpaired) electrons. The Balaban J connectivity index is 1.50. The number of benzene rings is 1. The molecule has 31 heavy (non-hydrogen) atoms. The number of aromatic nitrogens is 1. The van der Waals surface area contributed by atoms with Crippen LogP contribution in [0.4, 0.5) is 0 Å². The molecule has 2 aromatic rings. The van der Waals surface area contributed by atoms with Crippen LogP contribution in [-0.2, 0) is 34.7 Å². The van der Waals surface area contributed by atoms with Gasteiger partial charge < -0.3 is 21.1 Å². The van der Waals surface area contributed by atoms with E-state index in [0.29, 0.717) is 49.4 Å². The number of rotatable bonds is 5. The van der Waals surface area contributed by atoms with Crippen LogP contribution in [0.3, 0.4) is 0 Å². The lowest BCUT2D eigenvalue weighted by Crippen LogP contribution is -2.54. The van der Waals surface area contributed by atoms with Gasteiger partial charge in [-0.3, -0.25) is 14.6 Å². The minimum Gasteiger partial charge on any atom is -0.375 e. The number of halogens is 1. The first kappa shape index (κ1) is 21.7. The quantitative estimate of drug-likeness (QED) is 0.656. The van der Waals surface area contributed by atoms with Gasteiger partial charge >= 0.3 is 0 Å². The average molecular weight is 443 g/mol. The summed E-state index contributed by atoms with van der Waals surface area (Å²) in [7, 11) is 0. The summed E-state index contributed by atoms with van der Waals surface area (Å²) in [5.74, 6) is -0.649. The second-order valence-corrected chi connectivity index (χ2v) is 8.64. The van der Waals surface area contributed by atoms with E-state index in [1.807, 2.05) is 6.07 Å². The van der Waals surface area contributed by atoms with Crippen LogP contribution in [0.2, 0.25) is 5.02 Å². The number of aryl methyl sites for hydroxylation is 1. The first-order valence-electron chi connectivity index (χ1n) is 10.7. The third-order valence-electron chi connectivity index (χ3n) is 6.30. The fourth-order valence-electron chi connectivity index (χ4n) is 4.66. The number of fused-ring (bicyclic) bond motifs is 1. The summed E-state index contributed by atoms with van der Waals surface area (Å²) in [6.07, 6.45) is 4.69. The minimum atomic E-state index is -1.63. The lowest BCUT2D eigenvalue weighted by atomic mass is 9.80. The van der Waals surface area contributed by atoms with Crippen molar-refractivity contribution in [2.75, 3.05) is 6.54 Å². The van der Waals surface area contributed by atoms with Crippen molar-refractivity contribution in [3.05, 3.63) is 63.9 Å². The number of hydrogen-bond acceptors (Lipinski definition) is 5. The molecule has 1 saturated heterocycles. The molecule has 0 spiro atoms. The fourth-order valence-corrected chi connectivity index (χ4v) is 4.86. The molecule has 1 aliphatic carbocycles. The summed E-state index contributed by atoms with van der Waals surface area (Å²) in [6, 6.07) is 8.29. The van der Waals surface area contributed by atoms with E-state index in [-0.39, 0.29) is 12.5 Å². The van der Waals surface area contributed by atoms with Crippen molar-refractivity contribution in [2.45, 2.75) is 56.8 Å². The molecule has 2 aliphatic rings. The third-order valence-corrected chi connectivity index (χ3v) is 6.53. The maximum atomic E-state index is 13.5. The third kappa shape index (κ3) is 4.18. The van der Waals surface area contributed by atoms with Crippen LogP contribution < -0.4 is 11.1 Å². The minimum absolute atomic E-state index is 0.236. The Morgan fingerprint density at radius 3 is 2.94 bits per heavy atom. The van der Waals surface area contributed by atoms with Gasteiger partial charge in [0.25, 0.3) is 5.91 Å². The summed E-state index contributed by atoms with van der Waals surface area (Å²) in [4.78, 5) is 32.3. The molecule has 2 heterocycles. The predicted octanol–water partition coefficient (Wildman–Crippen LogP) is 2.02. The molecule has 4 N–H and O–H groups in total. The molecule has 1 fully saturated rings. The zero-order valence-electron chi connectivity index (χ0n) is 17.3. The first-order valence-corrected chi connectivity index (χ1v) is 11.0. The lowest BCUT2D eigenvalue weighted by Gasteiger charge is -2.37. The molecule has 2 amide bonds. The summed E-state index contributed by atoms with van der Waals surface area (Å²) in [5.41, 5.74) is 7.22. The van der Waals surface area contributed by atoms with Gasteiger partial charge in [0.05, 0.1) is 0 Å². The van der Waals surface area contributed by atoms with Gasteiger partial charge in [0.1, 0.15) is 6.04 Å². The maximum absolute atomic E-state index is 13.5. The fraction of sp³-hybridized carbons (Fsp3) is 0.435. The number of amides is 2. The largest absolute Gasteiger partial charge is 0.375 e. The Morgan fingerprint density at radius 2 is 2.13 bits per heavy atom. The standard InChI is InChI=1S/C23H27ClN4O3/c24-17-8-7-15(13-25)16(12-17)14-27-21(29)20-6-3-11-28(20)22(30)23(31)9-1-5-19-18(23)4-2-10-26-19/h2,4,7-8,10,12,20,31H,1,3,5-6,9,11,13-14,25H2,(H,27,29)/t20-,23?/m0/s1. The van der Waals surface area contributed by atoms with E-state index < -0.39 is 17.6 Å². The van der Waals surface area contributed by atoms with Crippen molar-refractivity contribution in [2.24, 2.45) is 5.73 Å². The van der Waals surface area contributed by atoms with E-state index in [9.17, 15) is 14.7 Å². The number of nitrogens with two attached hydrogens (primary N) is 1. The normalized spacial score (nSPS) is 22.8. The summed E-state index contributed by atoms with van der Waals surface area (Å²) in [5, 5.41) is 14.9. The van der Waals surface area contributed by atoms with Gasteiger partial charge in [0, 0.05) is 42.1 Å². The number of pyridine rings is 1. The Hall–Kier alpha value is -2.48. The van der Waals surface area contributed by atoms with E-state index >= 15 is 0 Å². The Labute approximate surface area is 186 Å². The van der Waals surface area contributed by atoms with Gasteiger partial charge in [-0.1, -0.05) is 23.7 Å². The number of hydrogen-bond donors (Lipinski definition) is 3. The molecule has 0 bridgehead atoms. The highest BCUT2D eigenvalue weighted by molar-refractivity contribution is 6.30. The number of likely N-dealkylation sites (tertiary alicyclic amines) is 1. The number of aliphatic hydroxyl groups is 1. The van der Waals surface area contributed by atoms with Gasteiger partial charge in [-0.2, -0.15) is 0 Å². The van der Waals surface area contributed by atoms with Crippen LogP contribution in [0.25, 0.3) is 0 Å². The van der Waals surface area contributed by atoms with E-state index in [0.717, 1.165) is 23.2 Å². The van der Waals surface area contributed by atoms with E-state index in [2.05, 4.69) is 10.3 Å². The summed E-state index contributed by atoms with van der Waals surface area (Å²) in [6.45, 7) is 1.07. The Morgan fingerprint density at radius 1 is 1.29 bits per heavy atom. The molecule has 7 nitrogen and oxygen atoms in total. The van der Waals surface area contributed by atoms with Crippen molar-refractivity contribution in [1.29, 1.82) is 0 Å². The number of nitrogens with zero attached hydrogens (tertiary/aromatic N) is 2. The molecule has 8 heteroatoms. The summed E-state index contributed by atoms with van der Waals surface area (Å²) < 4.78 is 0. The van der Waals surface area contributed by atoms with Gasteiger partial charge in [0.2, 0.25) is 5.91 Å². The zero-order chi connectivity index (χ0) is 22.0. The lowest BCUT2D eigenvalue weighted by molar-refractivity contribution is -0.157. The number of carbonyl (C=O) groups excluding carboxylic acids is 2. The monoisotopic (exact) mass is 442 g/mol. The van der Waals surface area contributed by atoms with Crippen LogP contribution in [0.1, 0.15) is 48.1 Å². The highest BCUT2D eigenvalue weighted by atomic mass is 35.5. The van der Waals surface area contributed by atoms with Gasteiger partial charge in [-0.05, 0) is 61.4 Å². The van der Waals surface area contributed by atoms with Crippen LogP contribution >= 0.6 is 11.6 Å². The van der Waals surface area contributed by atoms with Crippen molar-refractivity contribution >= 4 is 23.4 Å². The first-order chi connectivity index (χ1) is 14.9. The molecule has 1 unspecified atom stereocenters. The molecule has 4 rings (SSSR count). The van der Waals surface area contributed by atoms with E-state index in [1.165, 1.54) is 4.90 Å². The molecule has 1 aromatic carbocycles. The highest BCUT2D eigenvalue weighted by Gasteiger charge is 2.48. The molecule has 164 valence electrons. The van der Waals surface area contributed by atoms with Crippen LogP contribution in [0, 0.1) is 0 Å². The smallest absolute Gasteiger partial charge is 0.259 e. The molecular weight excluding hydrogens is 416 g/mol. The second kappa shape index (κ2) is 8.94. The van der Waals surface area contributed by atoms with Crippen LogP contribution in [-0.4, -0.2) is 39.4 Å². The van der Waals surface area contributed by atoms with Gasteiger partial charge in [-0.25, -0.2) is 0 Å². The topological polar surface area (TPSA) is 109 Å². The van der Waals surface area contributed by atoms with Crippen molar-refractivity contribution in [3.63, 3.8) is 0 Å². The number of carbonyl (C=O) groups is 2. The SMILES string of the molecule is NCc1ccc(Cl)cc1CNC(=O)[C@@H]1CCCN1C(=O)C1(O)CCCc2ncccc21. The molecule has 0 saturated carbocycles. The maximum Gasteiger partial charge on any atom is 0.259 e. The van der Waals surface area contributed by atoms with Crippen LogP contribution in [0.15, 0.2) is 36.5 Å². The Kier molecular flexibility index (Phi) is 6.27. The Bertz CT molecular complexity index is 999. The van der Waals surface area contributed by atoms with E-state index in [4.69, 9.17) is 17.3 Å². The average Bonchev–Trinajstić information content (AvgIpc) is 3.27. The molecule has 1 aromatic heterocycles. The van der Waals surface area contributed by atoms with Gasteiger partial charge in [0.15, 0.2) is 5.60 Å². The second-order valence-electron chi connectivity index (χ2n) is 8.20. The van der Waals surface area contributed by atoms with Crippen LogP contribution in [0.5, 0.6) is 0 Å². The van der Waals surface area contributed by atoms with Gasteiger partial charge in [-0.15, -0.1) is 0 Å². The predicted molar refractivity (Wildman–Crippen MR) is 117 cm³/mol. The molecular formula is C23H27ClN4O3. The van der Waals surface area contributed by atoms with Crippen molar-refractivity contribution in [3.8, 4) is 0 Å².